The van der Waals surface area contributed by atoms with Crippen molar-refractivity contribution >= 4 is 47.6 Å². The fourth-order valence-corrected chi connectivity index (χ4v) is 2.40. The van der Waals surface area contributed by atoms with E-state index in [4.69, 9.17) is 17.3 Å². The quantitative estimate of drug-likeness (QED) is 0.775. The van der Waals surface area contributed by atoms with Crippen LogP contribution >= 0.6 is 35.8 Å². The lowest BCUT2D eigenvalue weighted by Crippen LogP contribution is -2.36. The number of rotatable bonds is 7. The summed E-state index contributed by atoms with van der Waals surface area (Å²) in [6, 6.07) is 6.93. The van der Waals surface area contributed by atoms with Gasteiger partial charge in [-0.05, 0) is 36.1 Å². The highest BCUT2D eigenvalue weighted by atomic mass is 35.5. The van der Waals surface area contributed by atoms with Gasteiger partial charge in [0.25, 0.3) is 0 Å². The molecule has 0 bridgehead atoms. The summed E-state index contributed by atoms with van der Waals surface area (Å²) in [6.07, 6.45) is 4.17. The van der Waals surface area contributed by atoms with Crippen molar-refractivity contribution in [1.29, 1.82) is 0 Å². The third-order valence-corrected chi connectivity index (χ3v) is 3.89. The van der Waals surface area contributed by atoms with Gasteiger partial charge in [0, 0.05) is 5.02 Å². The van der Waals surface area contributed by atoms with Crippen LogP contribution in [0.1, 0.15) is 12.0 Å². The standard InChI is InChI=1S/C14H18ClN5OS.ClH/c1-22-7-6-12(16)13(21)18-14-17-9-20(19-14)8-10-2-4-11(15)5-3-10;/h2-5,9,12H,6-8,16H2,1H3,(H,18,19,21);1H. The summed E-state index contributed by atoms with van der Waals surface area (Å²) in [7, 11) is 0. The lowest BCUT2D eigenvalue weighted by Gasteiger charge is -2.09. The Kier molecular flexibility index (Phi) is 8.40. The molecule has 1 aromatic carbocycles. The van der Waals surface area contributed by atoms with Crippen LogP contribution in [0.4, 0.5) is 5.95 Å². The van der Waals surface area contributed by atoms with E-state index in [1.165, 1.54) is 0 Å². The van der Waals surface area contributed by atoms with Crippen LogP contribution in [0, 0.1) is 0 Å². The van der Waals surface area contributed by atoms with Gasteiger partial charge in [-0.1, -0.05) is 23.7 Å². The van der Waals surface area contributed by atoms with Gasteiger partial charge in [-0.25, -0.2) is 9.67 Å². The number of benzene rings is 1. The van der Waals surface area contributed by atoms with Gasteiger partial charge in [0.1, 0.15) is 6.33 Å². The van der Waals surface area contributed by atoms with Crippen molar-refractivity contribution in [3.8, 4) is 0 Å². The van der Waals surface area contributed by atoms with Crippen LogP contribution in [0.15, 0.2) is 30.6 Å². The molecule has 0 saturated heterocycles. The summed E-state index contributed by atoms with van der Waals surface area (Å²) in [5.74, 6) is 0.837. The zero-order valence-electron chi connectivity index (χ0n) is 12.6. The first kappa shape index (κ1) is 19.8. The van der Waals surface area contributed by atoms with Gasteiger partial charge in [-0.3, -0.25) is 10.1 Å². The van der Waals surface area contributed by atoms with Gasteiger partial charge in [0.05, 0.1) is 12.6 Å². The first-order valence-electron chi connectivity index (χ1n) is 6.78. The highest BCUT2D eigenvalue weighted by Gasteiger charge is 2.14. The maximum Gasteiger partial charge on any atom is 0.248 e. The maximum atomic E-state index is 11.9. The second kappa shape index (κ2) is 9.77. The molecule has 1 amide bonds. The van der Waals surface area contributed by atoms with Crippen LogP contribution in [0.5, 0.6) is 0 Å². The van der Waals surface area contributed by atoms with E-state index in [1.807, 2.05) is 30.5 Å². The number of carbonyl (C=O) groups is 1. The molecule has 1 heterocycles. The molecule has 0 aliphatic heterocycles. The van der Waals surface area contributed by atoms with E-state index in [-0.39, 0.29) is 24.3 Å². The summed E-state index contributed by atoms with van der Waals surface area (Å²) in [5, 5.41) is 7.53. The maximum absolute atomic E-state index is 11.9. The van der Waals surface area contributed by atoms with Crippen molar-refractivity contribution in [1.82, 2.24) is 14.8 Å². The summed E-state index contributed by atoms with van der Waals surface area (Å²) in [5.41, 5.74) is 6.84. The van der Waals surface area contributed by atoms with Crippen LogP contribution in [0.2, 0.25) is 5.02 Å². The number of nitrogens with one attached hydrogen (secondary N) is 1. The molecule has 1 atom stereocenters. The Morgan fingerprint density at radius 1 is 1.43 bits per heavy atom. The monoisotopic (exact) mass is 375 g/mol. The highest BCUT2D eigenvalue weighted by molar-refractivity contribution is 7.98. The van der Waals surface area contributed by atoms with Gasteiger partial charge in [0.2, 0.25) is 11.9 Å². The predicted octanol–water partition coefficient (Wildman–Crippen LogP) is 2.42. The molecule has 0 aliphatic carbocycles. The minimum Gasteiger partial charge on any atom is -0.320 e. The molecule has 1 aromatic heterocycles. The zero-order chi connectivity index (χ0) is 15.9. The fraction of sp³-hybridized carbons (Fsp3) is 0.357. The minimum atomic E-state index is -0.546. The number of anilines is 1. The topological polar surface area (TPSA) is 85.8 Å². The summed E-state index contributed by atoms with van der Waals surface area (Å²) in [6.45, 7) is 0.554. The average molecular weight is 376 g/mol. The lowest BCUT2D eigenvalue weighted by atomic mass is 10.2. The van der Waals surface area contributed by atoms with E-state index < -0.39 is 6.04 Å². The number of carbonyl (C=O) groups excluding carboxylic acids is 1. The van der Waals surface area contributed by atoms with Crippen LogP contribution in [0.3, 0.4) is 0 Å². The summed E-state index contributed by atoms with van der Waals surface area (Å²) >= 11 is 7.50. The molecule has 0 fully saturated rings. The largest absolute Gasteiger partial charge is 0.320 e. The van der Waals surface area contributed by atoms with E-state index in [0.717, 1.165) is 11.3 Å². The minimum absolute atomic E-state index is 0. The second-order valence-electron chi connectivity index (χ2n) is 4.77. The van der Waals surface area contributed by atoms with Crippen molar-refractivity contribution in [2.24, 2.45) is 5.73 Å². The second-order valence-corrected chi connectivity index (χ2v) is 6.19. The number of aromatic nitrogens is 3. The number of nitrogens with two attached hydrogens (primary N) is 1. The zero-order valence-corrected chi connectivity index (χ0v) is 15.0. The van der Waals surface area contributed by atoms with Crippen molar-refractivity contribution in [3.63, 3.8) is 0 Å². The van der Waals surface area contributed by atoms with E-state index in [2.05, 4.69) is 15.4 Å². The molecule has 6 nitrogen and oxygen atoms in total. The molecule has 0 aliphatic rings. The Hall–Kier alpha value is -1.28. The number of hydrogen-bond donors (Lipinski definition) is 2. The molecular formula is C14H19Cl2N5OS. The molecule has 0 spiro atoms. The van der Waals surface area contributed by atoms with E-state index in [9.17, 15) is 4.79 Å². The predicted molar refractivity (Wildman–Crippen MR) is 97.4 cm³/mol. The summed E-state index contributed by atoms with van der Waals surface area (Å²) in [4.78, 5) is 15.9. The Bertz CT molecular complexity index is 620. The first-order valence-corrected chi connectivity index (χ1v) is 8.55. The van der Waals surface area contributed by atoms with Gasteiger partial charge in [0.15, 0.2) is 0 Å². The molecule has 3 N–H and O–H groups in total. The first-order chi connectivity index (χ1) is 10.6. The molecule has 0 saturated carbocycles. The molecule has 0 radical (unpaired) electrons. The SMILES string of the molecule is CSCCC(N)C(=O)Nc1ncn(Cc2ccc(Cl)cc2)n1.Cl. The van der Waals surface area contributed by atoms with Gasteiger partial charge >= 0.3 is 0 Å². The third kappa shape index (κ3) is 6.39. The smallest absolute Gasteiger partial charge is 0.248 e. The molecule has 9 heteroatoms. The lowest BCUT2D eigenvalue weighted by molar-refractivity contribution is -0.117. The molecule has 1 unspecified atom stereocenters. The van der Waals surface area contributed by atoms with Gasteiger partial charge in [-0.15, -0.1) is 17.5 Å². The van der Waals surface area contributed by atoms with Crippen molar-refractivity contribution in [2.45, 2.75) is 19.0 Å². The fourth-order valence-electron chi connectivity index (χ4n) is 1.78. The number of nitrogens with zero attached hydrogens (tertiary/aromatic N) is 3. The molecule has 126 valence electrons. The Morgan fingerprint density at radius 2 is 2.13 bits per heavy atom. The Morgan fingerprint density at radius 3 is 2.78 bits per heavy atom. The van der Waals surface area contributed by atoms with Gasteiger partial charge < -0.3 is 5.73 Å². The van der Waals surface area contributed by atoms with Crippen molar-refractivity contribution < 1.29 is 4.79 Å². The molecule has 2 rings (SSSR count). The van der Waals surface area contributed by atoms with Crippen LogP contribution < -0.4 is 11.1 Å². The van der Waals surface area contributed by atoms with Crippen molar-refractivity contribution in [2.75, 3.05) is 17.3 Å². The van der Waals surface area contributed by atoms with Crippen molar-refractivity contribution in [3.05, 3.63) is 41.2 Å². The van der Waals surface area contributed by atoms with E-state index >= 15 is 0 Å². The number of amides is 1. The Labute approximate surface area is 150 Å². The molecular weight excluding hydrogens is 357 g/mol. The number of thioether (sulfide) groups is 1. The van der Waals surface area contributed by atoms with Crippen LogP contribution in [-0.4, -0.2) is 38.7 Å². The summed E-state index contributed by atoms with van der Waals surface area (Å²) < 4.78 is 1.65. The van der Waals surface area contributed by atoms with Crippen LogP contribution in [-0.2, 0) is 11.3 Å². The molecule has 23 heavy (non-hydrogen) atoms. The van der Waals surface area contributed by atoms with Crippen LogP contribution in [0.25, 0.3) is 0 Å². The number of halogens is 2. The Balaban J connectivity index is 0.00000264. The van der Waals surface area contributed by atoms with Gasteiger partial charge in [-0.2, -0.15) is 11.8 Å². The normalized spacial score (nSPS) is 11.6. The average Bonchev–Trinajstić information content (AvgIpc) is 2.94. The highest BCUT2D eigenvalue weighted by Crippen LogP contribution is 2.11. The molecule has 2 aromatic rings. The van der Waals surface area contributed by atoms with E-state index in [0.29, 0.717) is 18.0 Å². The number of hydrogen-bond acceptors (Lipinski definition) is 5. The third-order valence-electron chi connectivity index (χ3n) is 3.00. The van der Waals surface area contributed by atoms with E-state index in [1.54, 1.807) is 22.8 Å².